The second-order valence-corrected chi connectivity index (χ2v) is 7.58. The number of nitro benzene ring substituents is 1. The lowest BCUT2D eigenvalue weighted by Crippen LogP contribution is -2.42. The summed E-state index contributed by atoms with van der Waals surface area (Å²) in [6.45, 7) is 5.25. The third-order valence-corrected chi connectivity index (χ3v) is 5.57. The molecule has 0 radical (unpaired) electrons. The van der Waals surface area contributed by atoms with Gasteiger partial charge in [0.15, 0.2) is 0 Å². The van der Waals surface area contributed by atoms with Gasteiger partial charge >= 0.3 is 5.97 Å². The van der Waals surface area contributed by atoms with E-state index in [1.54, 1.807) is 19.1 Å². The lowest BCUT2D eigenvalue weighted by Gasteiger charge is -2.28. The Morgan fingerprint density at radius 3 is 2.70 bits per heavy atom. The molecule has 2 aliphatic heterocycles. The summed E-state index contributed by atoms with van der Waals surface area (Å²) >= 11 is 0.681. The van der Waals surface area contributed by atoms with Gasteiger partial charge in [0, 0.05) is 19.2 Å². The molecule has 3 rings (SSSR count). The zero-order chi connectivity index (χ0) is 21.8. The SMILES string of the molecule is CCOC(=O)[C@H](C)N1C(=O)S/C(=C\c2ccc(N3CCOCC3)c([N+](=O)[O-])c2)C1=O. The number of nitro groups is 1. The molecular weight excluding hydrogens is 414 g/mol. The molecule has 2 heterocycles. The Morgan fingerprint density at radius 1 is 1.37 bits per heavy atom. The average molecular weight is 435 g/mol. The van der Waals surface area contributed by atoms with E-state index in [4.69, 9.17) is 9.47 Å². The first-order chi connectivity index (χ1) is 14.3. The van der Waals surface area contributed by atoms with Crippen molar-refractivity contribution in [3.05, 3.63) is 38.8 Å². The first kappa shape index (κ1) is 21.8. The van der Waals surface area contributed by atoms with Crippen LogP contribution in [0.4, 0.5) is 16.2 Å². The van der Waals surface area contributed by atoms with Crippen LogP contribution in [0, 0.1) is 10.1 Å². The Kier molecular flexibility index (Phi) is 6.73. The zero-order valence-corrected chi connectivity index (χ0v) is 17.3. The topological polar surface area (TPSA) is 119 Å². The van der Waals surface area contributed by atoms with Crippen LogP contribution >= 0.6 is 11.8 Å². The van der Waals surface area contributed by atoms with E-state index in [1.807, 2.05) is 4.90 Å². The van der Waals surface area contributed by atoms with Crippen LogP contribution in [0.2, 0.25) is 0 Å². The number of anilines is 1. The first-order valence-electron chi connectivity index (χ1n) is 9.38. The van der Waals surface area contributed by atoms with Gasteiger partial charge in [0.25, 0.3) is 16.8 Å². The molecule has 1 aromatic rings. The summed E-state index contributed by atoms with van der Waals surface area (Å²) in [5.74, 6) is -1.31. The maximum Gasteiger partial charge on any atom is 0.329 e. The summed E-state index contributed by atoms with van der Waals surface area (Å²) in [5, 5.41) is 11.0. The predicted molar refractivity (Wildman–Crippen MR) is 110 cm³/mol. The molecule has 0 aliphatic carbocycles. The van der Waals surface area contributed by atoms with Crippen molar-refractivity contribution in [3.8, 4) is 0 Å². The van der Waals surface area contributed by atoms with Crippen LogP contribution in [0.25, 0.3) is 6.08 Å². The fourth-order valence-electron chi connectivity index (χ4n) is 3.18. The number of nitrogens with zero attached hydrogens (tertiary/aromatic N) is 3. The zero-order valence-electron chi connectivity index (χ0n) is 16.5. The summed E-state index contributed by atoms with van der Waals surface area (Å²) in [4.78, 5) is 50.7. The lowest BCUT2D eigenvalue weighted by molar-refractivity contribution is -0.384. The van der Waals surface area contributed by atoms with Crippen LogP contribution in [0.5, 0.6) is 0 Å². The standard InChI is InChI=1S/C19H21N3O7S/c1-3-29-18(24)12(2)21-17(23)16(30-19(21)25)11-13-4-5-14(15(10-13)22(26)27)20-6-8-28-9-7-20/h4-5,10-12H,3,6-9H2,1-2H3/b16-11-/t12-/m0/s1. The minimum Gasteiger partial charge on any atom is -0.464 e. The summed E-state index contributed by atoms with van der Waals surface area (Å²) in [7, 11) is 0. The Bertz CT molecular complexity index is 911. The third kappa shape index (κ3) is 4.46. The minimum absolute atomic E-state index is 0.0876. The Morgan fingerprint density at radius 2 is 2.07 bits per heavy atom. The summed E-state index contributed by atoms with van der Waals surface area (Å²) in [6.07, 6.45) is 1.42. The largest absolute Gasteiger partial charge is 0.464 e. The number of imide groups is 1. The summed E-state index contributed by atoms with van der Waals surface area (Å²) < 4.78 is 10.2. The number of morpholine rings is 1. The van der Waals surface area contributed by atoms with Gasteiger partial charge in [-0.2, -0.15) is 0 Å². The van der Waals surface area contributed by atoms with Crippen LogP contribution in [-0.4, -0.2) is 65.9 Å². The highest BCUT2D eigenvalue weighted by Crippen LogP contribution is 2.36. The van der Waals surface area contributed by atoms with Crippen molar-refractivity contribution in [3.63, 3.8) is 0 Å². The normalized spacial score (nSPS) is 19.3. The van der Waals surface area contributed by atoms with Crippen LogP contribution < -0.4 is 4.90 Å². The maximum absolute atomic E-state index is 12.7. The van der Waals surface area contributed by atoms with Crippen molar-refractivity contribution in [2.75, 3.05) is 37.8 Å². The number of hydrogen-bond acceptors (Lipinski definition) is 9. The predicted octanol–water partition coefficient (Wildman–Crippen LogP) is 2.42. The molecule has 0 saturated carbocycles. The van der Waals surface area contributed by atoms with Gasteiger partial charge in [-0.1, -0.05) is 6.07 Å². The molecule has 2 fully saturated rings. The molecule has 10 nitrogen and oxygen atoms in total. The van der Waals surface area contributed by atoms with Crippen molar-refractivity contribution < 1.29 is 28.8 Å². The van der Waals surface area contributed by atoms with Crippen molar-refractivity contribution >= 4 is 46.3 Å². The van der Waals surface area contributed by atoms with Crippen LogP contribution in [-0.2, 0) is 19.1 Å². The Hall–Kier alpha value is -2.92. The molecular formula is C19H21N3O7S. The van der Waals surface area contributed by atoms with Crippen molar-refractivity contribution in [2.24, 2.45) is 0 Å². The van der Waals surface area contributed by atoms with E-state index in [2.05, 4.69) is 0 Å². The highest BCUT2D eigenvalue weighted by Gasteiger charge is 2.41. The number of benzene rings is 1. The second-order valence-electron chi connectivity index (χ2n) is 6.58. The molecule has 0 spiro atoms. The molecule has 0 unspecified atom stereocenters. The smallest absolute Gasteiger partial charge is 0.329 e. The number of amides is 2. The van der Waals surface area contributed by atoms with E-state index >= 15 is 0 Å². The molecule has 30 heavy (non-hydrogen) atoms. The molecule has 2 saturated heterocycles. The number of rotatable bonds is 6. The highest BCUT2D eigenvalue weighted by atomic mass is 32.2. The van der Waals surface area contributed by atoms with E-state index in [0.717, 1.165) is 4.90 Å². The molecule has 0 N–H and O–H groups in total. The molecule has 2 aliphatic rings. The van der Waals surface area contributed by atoms with E-state index in [9.17, 15) is 24.5 Å². The molecule has 0 bridgehead atoms. The van der Waals surface area contributed by atoms with Gasteiger partial charge in [-0.3, -0.25) is 24.6 Å². The number of thioether (sulfide) groups is 1. The van der Waals surface area contributed by atoms with Crippen LogP contribution in [0.3, 0.4) is 0 Å². The highest BCUT2D eigenvalue weighted by molar-refractivity contribution is 8.18. The van der Waals surface area contributed by atoms with Gasteiger partial charge in [0.1, 0.15) is 11.7 Å². The monoisotopic (exact) mass is 435 g/mol. The van der Waals surface area contributed by atoms with Gasteiger partial charge in [-0.25, -0.2) is 4.79 Å². The molecule has 11 heteroatoms. The summed E-state index contributed by atoms with van der Waals surface area (Å²) in [6, 6.07) is 3.59. The van der Waals surface area contributed by atoms with Gasteiger partial charge < -0.3 is 14.4 Å². The van der Waals surface area contributed by atoms with E-state index < -0.39 is 28.1 Å². The fraction of sp³-hybridized carbons (Fsp3) is 0.421. The van der Waals surface area contributed by atoms with Gasteiger partial charge in [-0.05, 0) is 43.3 Å². The number of esters is 1. The maximum atomic E-state index is 12.7. The van der Waals surface area contributed by atoms with Gasteiger partial charge in [-0.15, -0.1) is 0 Å². The molecule has 1 atom stereocenters. The van der Waals surface area contributed by atoms with Crippen molar-refractivity contribution in [1.82, 2.24) is 4.90 Å². The minimum atomic E-state index is -1.05. The third-order valence-electron chi connectivity index (χ3n) is 4.68. The summed E-state index contributed by atoms with van der Waals surface area (Å²) in [5.41, 5.74) is 0.794. The van der Waals surface area contributed by atoms with E-state index in [1.165, 1.54) is 19.1 Å². The average Bonchev–Trinajstić information content (AvgIpc) is 3.01. The fourth-order valence-corrected chi connectivity index (χ4v) is 4.09. The number of carbonyl (C=O) groups is 3. The molecule has 160 valence electrons. The Balaban J connectivity index is 1.86. The van der Waals surface area contributed by atoms with Crippen molar-refractivity contribution in [2.45, 2.75) is 19.9 Å². The lowest BCUT2D eigenvalue weighted by atomic mass is 10.1. The van der Waals surface area contributed by atoms with E-state index in [0.29, 0.717) is 49.3 Å². The Labute approximate surface area is 176 Å². The number of ether oxygens (including phenoxy) is 2. The van der Waals surface area contributed by atoms with Crippen LogP contribution in [0.1, 0.15) is 19.4 Å². The van der Waals surface area contributed by atoms with E-state index in [-0.39, 0.29) is 17.2 Å². The first-order valence-corrected chi connectivity index (χ1v) is 10.2. The molecule has 1 aromatic carbocycles. The number of hydrogen-bond donors (Lipinski definition) is 0. The van der Waals surface area contributed by atoms with Crippen molar-refractivity contribution in [1.29, 1.82) is 0 Å². The molecule has 0 aromatic heterocycles. The second kappa shape index (κ2) is 9.26. The van der Waals surface area contributed by atoms with Crippen LogP contribution in [0.15, 0.2) is 23.1 Å². The molecule has 2 amide bonds. The van der Waals surface area contributed by atoms with Gasteiger partial charge in [0.2, 0.25) is 0 Å². The number of carbonyl (C=O) groups excluding carboxylic acids is 3. The quantitative estimate of drug-likeness (QED) is 0.287. The van der Waals surface area contributed by atoms with Gasteiger partial charge in [0.05, 0.1) is 29.6 Å².